The number of carbonyl (C=O) groups is 1. The van der Waals surface area contributed by atoms with Gasteiger partial charge in [0.25, 0.3) is 0 Å². The Morgan fingerprint density at radius 1 is 1.57 bits per heavy atom. The zero-order chi connectivity index (χ0) is 10.2. The zero-order valence-corrected chi connectivity index (χ0v) is 8.97. The minimum absolute atomic E-state index is 0.0598. The van der Waals surface area contributed by atoms with Gasteiger partial charge >= 0.3 is 0 Å². The third-order valence-corrected chi connectivity index (χ3v) is 2.90. The second-order valence-electron chi connectivity index (χ2n) is 4.97. The first-order chi connectivity index (χ1) is 6.57. The van der Waals surface area contributed by atoms with Crippen molar-refractivity contribution in [2.24, 2.45) is 0 Å². The number of amides is 1. The summed E-state index contributed by atoms with van der Waals surface area (Å²) in [5.41, 5.74) is 3.19. The summed E-state index contributed by atoms with van der Waals surface area (Å²) in [5, 5.41) is 5.18. The molecule has 0 aromatic heterocycles. The fourth-order valence-corrected chi connectivity index (χ4v) is 2.22. The Hall–Kier alpha value is -0.610. The van der Waals surface area contributed by atoms with Crippen LogP contribution in [0.25, 0.3) is 0 Å². The number of nitrogens with one attached hydrogen (secondary N) is 2. The van der Waals surface area contributed by atoms with Gasteiger partial charge in [-0.15, -0.1) is 0 Å². The topological polar surface area (TPSA) is 44.4 Å². The molecule has 80 valence electrons. The van der Waals surface area contributed by atoms with E-state index >= 15 is 0 Å². The lowest BCUT2D eigenvalue weighted by Crippen LogP contribution is -2.47. The first kappa shape index (κ1) is 9.93. The van der Waals surface area contributed by atoms with Crippen LogP contribution in [0.15, 0.2) is 0 Å². The molecule has 4 heteroatoms. The quantitative estimate of drug-likeness (QED) is 0.667. The first-order valence-corrected chi connectivity index (χ1v) is 5.38. The molecule has 0 aromatic rings. The van der Waals surface area contributed by atoms with Gasteiger partial charge in [0.15, 0.2) is 0 Å². The van der Waals surface area contributed by atoms with Gasteiger partial charge in [-0.1, -0.05) is 0 Å². The molecule has 0 aromatic carbocycles. The molecular formula is C10H19N3O. The molecule has 4 nitrogen and oxygen atoms in total. The van der Waals surface area contributed by atoms with Crippen molar-refractivity contribution in [1.29, 1.82) is 0 Å². The predicted octanol–water partition coefficient (Wildman–Crippen LogP) is 0.254. The summed E-state index contributed by atoms with van der Waals surface area (Å²) in [6, 6.07) is 0.486. The van der Waals surface area contributed by atoms with Gasteiger partial charge < -0.3 is 5.32 Å². The lowest BCUT2D eigenvalue weighted by Gasteiger charge is -2.24. The molecule has 0 aliphatic carbocycles. The van der Waals surface area contributed by atoms with Crippen molar-refractivity contribution in [1.82, 2.24) is 15.8 Å². The van der Waals surface area contributed by atoms with Crippen LogP contribution in [0.5, 0.6) is 0 Å². The van der Waals surface area contributed by atoms with Crippen molar-refractivity contribution < 1.29 is 4.79 Å². The summed E-state index contributed by atoms with van der Waals surface area (Å²) in [7, 11) is 0. The van der Waals surface area contributed by atoms with Crippen LogP contribution in [0, 0.1) is 0 Å². The molecule has 14 heavy (non-hydrogen) atoms. The minimum Gasteiger partial charge on any atom is -0.312 e. The summed E-state index contributed by atoms with van der Waals surface area (Å²) >= 11 is 0. The fourth-order valence-electron chi connectivity index (χ4n) is 2.22. The standard InChI is InChI=1S/C10H19N3O/c1-10(2)6-9(14)13(12-10)7-8-4-3-5-11-8/h8,11-12H,3-7H2,1-2H3. The molecule has 0 radical (unpaired) electrons. The largest absolute Gasteiger partial charge is 0.312 e. The van der Waals surface area contributed by atoms with Gasteiger partial charge in [0.2, 0.25) is 5.91 Å². The van der Waals surface area contributed by atoms with Gasteiger partial charge in [-0.25, -0.2) is 5.43 Å². The maximum absolute atomic E-state index is 11.6. The highest BCUT2D eigenvalue weighted by Gasteiger charge is 2.36. The Morgan fingerprint density at radius 2 is 2.36 bits per heavy atom. The van der Waals surface area contributed by atoms with E-state index in [9.17, 15) is 4.79 Å². The Kier molecular flexibility index (Phi) is 2.49. The van der Waals surface area contributed by atoms with Crippen LogP contribution in [0.2, 0.25) is 0 Å². The SMILES string of the molecule is CC1(C)CC(=O)N(CC2CCCN2)N1. The highest BCUT2D eigenvalue weighted by molar-refractivity contribution is 5.79. The third kappa shape index (κ3) is 2.07. The van der Waals surface area contributed by atoms with Gasteiger partial charge in [-0.3, -0.25) is 9.80 Å². The molecule has 2 N–H and O–H groups in total. The number of carbonyl (C=O) groups excluding carboxylic acids is 1. The van der Waals surface area contributed by atoms with Gasteiger partial charge in [0, 0.05) is 18.0 Å². The molecule has 0 bridgehead atoms. The van der Waals surface area contributed by atoms with Crippen LogP contribution in [0.4, 0.5) is 0 Å². The number of nitrogens with zero attached hydrogens (tertiary/aromatic N) is 1. The van der Waals surface area contributed by atoms with E-state index in [-0.39, 0.29) is 11.4 Å². The highest BCUT2D eigenvalue weighted by atomic mass is 16.2. The van der Waals surface area contributed by atoms with Gasteiger partial charge in [-0.2, -0.15) is 0 Å². The van der Waals surface area contributed by atoms with Crippen LogP contribution < -0.4 is 10.7 Å². The second kappa shape index (κ2) is 3.51. The first-order valence-electron chi connectivity index (χ1n) is 5.38. The number of hydrogen-bond donors (Lipinski definition) is 2. The van der Waals surface area contributed by atoms with Crippen molar-refractivity contribution in [3.8, 4) is 0 Å². The van der Waals surface area contributed by atoms with Crippen molar-refractivity contribution in [2.45, 2.75) is 44.7 Å². The number of hydrogen-bond acceptors (Lipinski definition) is 3. The van der Waals surface area contributed by atoms with Gasteiger partial charge in [0.1, 0.15) is 0 Å². The Balaban J connectivity index is 1.89. The summed E-state index contributed by atoms with van der Waals surface area (Å²) in [6.07, 6.45) is 3.03. The molecule has 1 unspecified atom stereocenters. The van der Waals surface area contributed by atoms with Crippen LogP contribution in [0.3, 0.4) is 0 Å². The molecule has 2 aliphatic rings. The Labute approximate surface area is 85.0 Å². The molecule has 2 fully saturated rings. The average Bonchev–Trinajstić information content (AvgIpc) is 2.61. The summed E-state index contributed by atoms with van der Waals surface area (Å²) < 4.78 is 0. The fraction of sp³-hybridized carbons (Fsp3) is 0.900. The van der Waals surface area contributed by atoms with Crippen LogP contribution >= 0.6 is 0 Å². The summed E-state index contributed by atoms with van der Waals surface area (Å²) in [4.78, 5) is 11.6. The van der Waals surface area contributed by atoms with E-state index in [2.05, 4.69) is 24.6 Å². The van der Waals surface area contributed by atoms with Gasteiger partial charge in [0.05, 0.1) is 6.54 Å². The molecule has 2 heterocycles. The molecule has 1 atom stereocenters. The molecule has 0 spiro atoms. The van der Waals surface area contributed by atoms with E-state index in [1.807, 2.05) is 0 Å². The van der Waals surface area contributed by atoms with Crippen molar-refractivity contribution in [3.05, 3.63) is 0 Å². The van der Waals surface area contributed by atoms with Gasteiger partial charge in [-0.05, 0) is 33.2 Å². The Morgan fingerprint density at radius 3 is 2.86 bits per heavy atom. The van der Waals surface area contributed by atoms with E-state index in [1.54, 1.807) is 5.01 Å². The van der Waals surface area contributed by atoms with Crippen LogP contribution in [-0.2, 0) is 4.79 Å². The van der Waals surface area contributed by atoms with Crippen LogP contribution in [-0.4, -0.2) is 35.6 Å². The van der Waals surface area contributed by atoms with E-state index in [0.717, 1.165) is 13.1 Å². The predicted molar refractivity (Wildman–Crippen MR) is 54.6 cm³/mol. The molecule has 2 rings (SSSR count). The molecule has 1 amide bonds. The average molecular weight is 197 g/mol. The Bertz CT molecular complexity index is 234. The van der Waals surface area contributed by atoms with Crippen LogP contribution in [0.1, 0.15) is 33.1 Å². The van der Waals surface area contributed by atoms with E-state index < -0.39 is 0 Å². The minimum atomic E-state index is -0.0598. The maximum atomic E-state index is 11.6. The number of rotatable bonds is 2. The lowest BCUT2D eigenvalue weighted by atomic mass is 10.0. The molecular weight excluding hydrogens is 178 g/mol. The molecule has 2 saturated heterocycles. The third-order valence-electron chi connectivity index (χ3n) is 2.90. The lowest BCUT2D eigenvalue weighted by molar-refractivity contribution is -0.129. The zero-order valence-electron chi connectivity index (χ0n) is 8.97. The molecule has 2 aliphatic heterocycles. The van der Waals surface area contributed by atoms with Crippen molar-refractivity contribution >= 4 is 5.91 Å². The van der Waals surface area contributed by atoms with E-state index in [0.29, 0.717) is 12.5 Å². The maximum Gasteiger partial charge on any atom is 0.238 e. The van der Waals surface area contributed by atoms with E-state index in [4.69, 9.17) is 0 Å². The monoisotopic (exact) mass is 197 g/mol. The van der Waals surface area contributed by atoms with Crippen molar-refractivity contribution in [3.63, 3.8) is 0 Å². The smallest absolute Gasteiger partial charge is 0.238 e. The normalized spacial score (nSPS) is 31.4. The number of hydrazine groups is 1. The highest BCUT2D eigenvalue weighted by Crippen LogP contribution is 2.19. The summed E-state index contributed by atoms with van der Waals surface area (Å²) in [5.74, 6) is 0.226. The van der Waals surface area contributed by atoms with Crippen molar-refractivity contribution in [2.75, 3.05) is 13.1 Å². The molecule has 0 saturated carbocycles. The summed E-state index contributed by atoms with van der Waals surface area (Å²) in [6.45, 7) is 6.03. The van der Waals surface area contributed by atoms with E-state index in [1.165, 1.54) is 12.8 Å². The second-order valence-corrected chi connectivity index (χ2v) is 4.97.